The minimum Gasteiger partial charge on any atom is -0.364 e. The molecule has 0 radical (unpaired) electrons. The second kappa shape index (κ2) is 4.77. The highest BCUT2D eigenvalue weighted by molar-refractivity contribution is 6.34. The Bertz CT molecular complexity index is 293. The molecule has 0 saturated carbocycles. The van der Waals surface area contributed by atoms with Gasteiger partial charge in [0, 0.05) is 18.4 Å². The molecular formula is C8H9Cl2NO2. The van der Waals surface area contributed by atoms with Gasteiger partial charge in [-0.2, -0.15) is 0 Å². The molecule has 1 heterocycles. The molecule has 0 bridgehead atoms. The van der Waals surface area contributed by atoms with Gasteiger partial charge in [-0.1, -0.05) is 23.2 Å². The molecule has 1 unspecified atom stereocenters. The molecule has 0 aliphatic heterocycles. The molecule has 0 aliphatic carbocycles. The van der Waals surface area contributed by atoms with E-state index in [1.54, 1.807) is 6.92 Å². The molecule has 72 valence electrons. The summed E-state index contributed by atoms with van der Waals surface area (Å²) < 4.78 is 4.94. The first kappa shape index (κ1) is 10.7. The van der Waals surface area contributed by atoms with Crippen LogP contribution in [0.3, 0.4) is 0 Å². The first-order valence-corrected chi connectivity index (χ1v) is 4.51. The van der Waals surface area contributed by atoms with Gasteiger partial charge in [-0.15, -0.1) is 0 Å². The van der Waals surface area contributed by atoms with Crippen molar-refractivity contribution in [2.75, 3.05) is 6.61 Å². The Kier molecular flexibility index (Phi) is 3.93. The third-order valence-electron chi connectivity index (χ3n) is 1.44. The maximum absolute atomic E-state index is 9.40. The van der Waals surface area contributed by atoms with Crippen LogP contribution in [0.1, 0.15) is 18.8 Å². The average Bonchev–Trinajstić information content (AvgIpc) is 2.04. The number of aliphatic hydroxyl groups excluding tert-OH is 1. The van der Waals surface area contributed by atoms with E-state index >= 15 is 0 Å². The van der Waals surface area contributed by atoms with Crippen molar-refractivity contribution in [3.8, 4) is 0 Å². The molecule has 5 heteroatoms. The zero-order valence-corrected chi connectivity index (χ0v) is 8.51. The molecule has 0 aromatic carbocycles. The lowest BCUT2D eigenvalue weighted by atomic mass is 10.3. The van der Waals surface area contributed by atoms with Crippen molar-refractivity contribution in [2.24, 2.45) is 0 Å². The van der Waals surface area contributed by atoms with Gasteiger partial charge in [-0.3, -0.25) is 0 Å². The highest BCUT2D eigenvalue weighted by atomic mass is 35.5. The summed E-state index contributed by atoms with van der Waals surface area (Å²) in [4.78, 5) is 3.78. The zero-order chi connectivity index (χ0) is 9.84. The van der Waals surface area contributed by atoms with Gasteiger partial charge in [0.05, 0.1) is 5.02 Å². The highest BCUT2D eigenvalue weighted by Crippen LogP contribution is 2.24. The normalized spacial score (nSPS) is 12.9. The van der Waals surface area contributed by atoms with E-state index in [1.165, 1.54) is 12.3 Å². The number of pyridine rings is 1. The Morgan fingerprint density at radius 2 is 2.31 bits per heavy atom. The van der Waals surface area contributed by atoms with Gasteiger partial charge in [0.15, 0.2) is 6.29 Å². The molecular weight excluding hydrogens is 213 g/mol. The number of hydrogen-bond acceptors (Lipinski definition) is 3. The summed E-state index contributed by atoms with van der Waals surface area (Å²) >= 11 is 11.4. The average molecular weight is 222 g/mol. The molecule has 1 aromatic rings. The predicted octanol–water partition coefficient (Wildman–Crippen LogP) is 2.42. The van der Waals surface area contributed by atoms with Gasteiger partial charge >= 0.3 is 0 Å². The monoisotopic (exact) mass is 221 g/mol. The summed E-state index contributed by atoms with van der Waals surface area (Å²) in [6, 6.07) is 1.46. The van der Waals surface area contributed by atoms with Crippen LogP contribution in [0.5, 0.6) is 0 Å². The van der Waals surface area contributed by atoms with Gasteiger partial charge in [0.2, 0.25) is 0 Å². The number of nitrogens with zero attached hydrogens (tertiary/aromatic N) is 1. The maximum Gasteiger partial charge on any atom is 0.184 e. The lowest BCUT2D eigenvalue weighted by Crippen LogP contribution is -2.03. The predicted molar refractivity (Wildman–Crippen MR) is 50.8 cm³/mol. The fourth-order valence-corrected chi connectivity index (χ4v) is 1.31. The summed E-state index contributed by atoms with van der Waals surface area (Å²) in [5.41, 5.74) is 0.424. The van der Waals surface area contributed by atoms with Gasteiger partial charge in [-0.05, 0) is 13.0 Å². The maximum atomic E-state index is 9.40. The smallest absolute Gasteiger partial charge is 0.184 e. The summed E-state index contributed by atoms with van der Waals surface area (Å²) in [6.45, 7) is 2.18. The number of rotatable bonds is 3. The van der Waals surface area contributed by atoms with Gasteiger partial charge in [0.1, 0.15) is 5.15 Å². The standard InChI is InChI=1S/C8H9Cl2NO2/c1-2-13-8(12)5-4-11-7(10)3-6(5)9/h3-4,8,12H,2H2,1H3. The van der Waals surface area contributed by atoms with Crippen molar-refractivity contribution >= 4 is 23.2 Å². The zero-order valence-electron chi connectivity index (χ0n) is 7.00. The van der Waals surface area contributed by atoms with E-state index in [0.29, 0.717) is 17.2 Å². The third-order valence-corrected chi connectivity index (χ3v) is 1.97. The largest absolute Gasteiger partial charge is 0.364 e. The van der Waals surface area contributed by atoms with Crippen LogP contribution in [0.15, 0.2) is 12.3 Å². The summed E-state index contributed by atoms with van der Waals surface area (Å²) in [6.07, 6.45) is 0.354. The van der Waals surface area contributed by atoms with Crippen LogP contribution in [0, 0.1) is 0 Å². The number of hydrogen-bond donors (Lipinski definition) is 1. The van der Waals surface area contributed by atoms with Crippen LogP contribution in [0.4, 0.5) is 0 Å². The Balaban J connectivity index is 2.88. The fourth-order valence-electron chi connectivity index (χ4n) is 0.847. The first-order chi connectivity index (χ1) is 6.15. The second-order valence-corrected chi connectivity index (χ2v) is 3.13. The summed E-state index contributed by atoms with van der Waals surface area (Å²) in [5, 5.41) is 10.0. The molecule has 13 heavy (non-hydrogen) atoms. The van der Waals surface area contributed by atoms with Crippen molar-refractivity contribution in [2.45, 2.75) is 13.2 Å². The Morgan fingerprint density at radius 3 is 2.85 bits per heavy atom. The molecule has 1 aromatic heterocycles. The van der Waals surface area contributed by atoms with Crippen molar-refractivity contribution in [3.63, 3.8) is 0 Å². The summed E-state index contributed by atoms with van der Waals surface area (Å²) in [5.74, 6) is 0. The van der Waals surface area contributed by atoms with E-state index in [-0.39, 0.29) is 5.15 Å². The lowest BCUT2D eigenvalue weighted by molar-refractivity contribution is -0.0980. The molecule has 1 N–H and O–H groups in total. The van der Waals surface area contributed by atoms with Crippen LogP contribution < -0.4 is 0 Å². The molecule has 0 amide bonds. The number of aromatic nitrogens is 1. The Hall–Kier alpha value is -0.350. The lowest BCUT2D eigenvalue weighted by Gasteiger charge is -2.11. The number of aliphatic hydroxyl groups is 1. The number of ether oxygens (including phenoxy) is 1. The van der Waals surface area contributed by atoms with E-state index in [0.717, 1.165) is 0 Å². The van der Waals surface area contributed by atoms with E-state index in [1.807, 2.05) is 0 Å². The molecule has 0 aliphatic rings. The third kappa shape index (κ3) is 2.81. The first-order valence-electron chi connectivity index (χ1n) is 3.75. The fraction of sp³-hybridized carbons (Fsp3) is 0.375. The van der Waals surface area contributed by atoms with Gasteiger partial charge in [-0.25, -0.2) is 4.98 Å². The number of halogens is 2. The van der Waals surface area contributed by atoms with Crippen LogP contribution in [0.2, 0.25) is 10.2 Å². The topological polar surface area (TPSA) is 42.4 Å². The SMILES string of the molecule is CCOC(O)c1cnc(Cl)cc1Cl. The summed E-state index contributed by atoms with van der Waals surface area (Å²) in [7, 11) is 0. The second-order valence-electron chi connectivity index (χ2n) is 2.34. The van der Waals surface area contributed by atoms with E-state index in [9.17, 15) is 5.11 Å². The van der Waals surface area contributed by atoms with Gasteiger partial charge in [0.25, 0.3) is 0 Å². The van der Waals surface area contributed by atoms with Crippen LogP contribution in [0.25, 0.3) is 0 Å². The molecule has 0 spiro atoms. The molecule has 1 atom stereocenters. The molecule has 0 saturated heterocycles. The molecule has 3 nitrogen and oxygen atoms in total. The van der Waals surface area contributed by atoms with E-state index in [4.69, 9.17) is 27.9 Å². The minimum absolute atomic E-state index is 0.289. The van der Waals surface area contributed by atoms with E-state index in [2.05, 4.69) is 4.98 Å². The van der Waals surface area contributed by atoms with Crippen molar-refractivity contribution in [1.82, 2.24) is 4.98 Å². The van der Waals surface area contributed by atoms with Crippen LogP contribution in [-0.4, -0.2) is 16.7 Å². The Morgan fingerprint density at radius 1 is 1.62 bits per heavy atom. The highest BCUT2D eigenvalue weighted by Gasteiger charge is 2.11. The van der Waals surface area contributed by atoms with Crippen molar-refractivity contribution < 1.29 is 9.84 Å². The van der Waals surface area contributed by atoms with Crippen molar-refractivity contribution in [1.29, 1.82) is 0 Å². The molecule has 0 fully saturated rings. The minimum atomic E-state index is -1.04. The molecule has 1 rings (SSSR count). The van der Waals surface area contributed by atoms with Crippen LogP contribution >= 0.6 is 23.2 Å². The Labute approximate surface area is 86.3 Å². The quantitative estimate of drug-likeness (QED) is 0.630. The van der Waals surface area contributed by atoms with Gasteiger partial charge < -0.3 is 9.84 Å². The van der Waals surface area contributed by atoms with Crippen LogP contribution in [-0.2, 0) is 4.74 Å². The van der Waals surface area contributed by atoms with E-state index < -0.39 is 6.29 Å². The van der Waals surface area contributed by atoms with Crippen molar-refractivity contribution in [3.05, 3.63) is 28.0 Å².